The molecule has 0 unspecified atom stereocenters. The average molecular weight is 1100 g/mol. The lowest BCUT2D eigenvalue weighted by molar-refractivity contribution is 0.443. The Kier molecular flexibility index (Phi) is 12.0. The molecular formula is C80H62N2O3. The molecule has 12 aromatic carbocycles. The van der Waals surface area contributed by atoms with Crippen LogP contribution in [-0.2, 0) is 0 Å². The Balaban J connectivity index is 0.921. The van der Waals surface area contributed by atoms with Gasteiger partial charge in [0, 0.05) is 76.4 Å². The van der Waals surface area contributed by atoms with Crippen molar-refractivity contribution >= 4 is 121 Å². The van der Waals surface area contributed by atoms with Crippen molar-refractivity contribution in [2.45, 2.75) is 76.0 Å². The molecule has 0 bridgehead atoms. The van der Waals surface area contributed by atoms with Crippen molar-refractivity contribution < 1.29 is 13.3 Å². The first-order chi connectivity index (χ1) is 42.2. The third kappa shape index (κ3) is 8.26. The highest BCUT2D eigenvalue weighted by Crippen LogP contribution is 2.53. The zero-order chi connectivity index (χ0) is 56.0. The Hall–Kier alpha value is -9.84. The number of anilines is 6. The van der Waals surface area contributed by atoms with E-state index in [1.807, 2.05) is 0 Å². The Morgan fingerprint density at radius 2 is 0.576 bits per heavy atom. The highest BCUT2D eigenvalue weighted by Gasteiger charge is 2.29. The molecule has 5 heteroatoms. The van der Waals surface area contributed by atoms with Crippen molar-refractivity contribution in [3.05, 3.63) is 254 Å². The van der Waals surface area contributed by atoms with Crippen molar-refractivity contribution in [1.29, 1.82) is 0 Å². The van der Waals surface area contributed by atoms with E-state index in [0.717, 1.165) is 144 Å². The minimum atomic E-state index is 0.574. The van der Waals surface area contributed by atoms with Crippen LogP contribution in [0, 0.1) is 0 Å². The number of para-hydroxylation sites is 4. The maximum Gasteiger partial charge on any atom is 0.159 e. The second kappa shape index (κ2) is 20.5. The van der Waals surface area contributed by atoms with E-state index in [2.05, 4.69) is 252 Å². The molecule has 0 aliphatic heterocycles. The van der Waals surface area contributed by atoms with Crippen LogP contribution in [0.3, 0.4) is 0 Å². The van der Waals surface area contributed by atoms with E-state index in [-0.39, 0.29) is 0 Å². The van der Waals surface area contributed by atoms with Gasteiger partial charge in [-0.1, -0.05) is 233 Å². The number of fused-ring (bicyclic) bond motifs is 13. The van der Waals surface area contributed by atoms with E-state index < -0.39 is 0 Å². The predicted molar refractivity (Wildman–Crippen MR) is 355 cm³/mol. The third-order valence-corrected chi connectivity index (χ3v) is 19.0. The molecule has 0 amide bonds. The van der Waals surface area contributed by atoms with Gasteiger partial charge in [-0.15, -0.1) is 0 Å². The standard InChI is InChI=1S/C80H62N2O3/c1-5-21-51(22-6-1)53-41-45-57(46-42-53)81(71-39-19-37-67-65-35-17-33-59(75(65)84-79(67)71)55-25-9-3-10-26-55)73-49-69-70-50-74(62-30-14-16-32-64(62)78(70)83-77(69)63-31-15-13-29-61(63)73)82(58-47-43-54(44-48-58)52-23-7-2-8-24-52)72-40-20-38-68-66-36-18-34-60(76(66)85-80(68)72)56-27-11-4-12-28-56/h3-4,9-20,25-52H,1-2,5-8,21-24H2. The first kappa shape index (κ1) is 49.7. The fraction of sp³-hybridized carbons (Fsp3) is 0.150. The molecule has 15 aromatic rings. The number of hydrogen-bond donors (Lipinski definition) is 0. The number of furan rings is 3. The van der Waals surface area contributed by atoms with Gasteiger partial charge in [0.25, 0.3) is 0 Å². The predicted octanol–water partition coefficient (Wildman–Crippen LogP) is 24.1. The van der Waals surface area contributed by atoms with Crippen molar-refractivity contribution in [3.8, 4) is 22.3 Å². The van der Waals surface area contributed by atoms with Crippen LogP contribution in [0.1, 0.15) is 87.2 Å². The Bertz CT molecular complexity index is 4700. The molecule has 5 nitrogen and oxygen atoms in total. The normalized spacial score (nSPS) is 14.5. The van der Waals surface area contributed by atoms with Gasteiger partial charge in [-0.05, 0) is 108 Å². The van der Waals surface area contributed by atoms with E-state index in [0.29, 0.717) is 11.8 Å². The maximum absolute atomic E-state index is 7.39. The summed E-state index contributed by atoms with van der Waals surface area (Å²) in [6.07, 6.45) is 12.7. The summed E-state index contributed by atoms with van der Waals surface area (Å²) in [6, 6.07) is 88.9. The lowest BCUT2D eigenvalue weighted by atomic mass is 9.84. The summed E-state index contributed by atoms with van der Waals surface area (Å²) in [5.74, 6) is 1.15. The van der Waals surface area contributed by atoms with Crippen molar-refractivity contribution in [2.24, 2.45) is 0 Å². The lowest BCUT2D eigenvalue weighted by Crippen LogP contribution is -2.12. The van der Waals surface area contributed by atoms with Gasteiger partial charge in [-0.25, -0.2) is 0 Å². The highest BCUT2D eigenvalue weighted by atomic mass is 16.3. The molecule has 0 atom stereocenters. The molecule has 2 fully saturated rings. The molecule has 85 heavy (non-hydrogen) atoms. The van der Waals surface area contributed by atoms with Crippen molar-refractivity contribution in [2.75, 3.05) is 9.80 Å². The Morgan fingerprint density at radius 3 is 0.988 bits per heavy atom. The zero-order valence-electron chi connectivity index (χ0n) is 47.4. The van der Waals surface area contributed by atoms with Gasteiger partial charge < -0.3 is 23.1 Å². The number of benzene rings is 12. The van der Waals surface area contributed by atoms with Gasteiger partial charge >= 0.3 is 0 Å². The van der Waals surface area contributed by atoms with Gasteiger partial charge in [0.2, 0.25) is 0 Å². The largest absolute Gasteiger partial charge is 0.455 e. The van der Waals surface area contributed by atoms with Crippen molar-refractivity contribution in [1.82, 2.24) is 0 Å². The minimum Gasteiger partial charge on any atom is -0.455 e. The molecule has 2 aliphatic carbocycles. The molecule has 0 N–H and O–H groups in total. The van der Waals surface area contributed by atoms with Crippen LogP contribution in [0.2, 0.25) is 0 Å². The summed E-state index contributed by atoms with van der Waals surface area (Å²) in [7, 11) is 0. The molecule has 3 aromatic heterocycles. The highest BCUT2D eigenvalue weighted by molar-refractivity contribution is 6.26. The van der Waals surface area contributed by atoms with Crippen LogP contribution < -0.4 is 9.80 Å². The number of hydrogen-bond acceptors (Lipinski definition) is 5. The molecule has 0 spiro atoms. The van der Waals surface area contributed by atoms with Gasteiger partial charge in [0.1, 0.15) is 22.3 Å². The smallest absolute Gasteiger partial charge is 0.159 e. The van der Waals surface area contributed by atoms with Crippen LogP contribution in [0.15, 0.2) is 256 Å². The van der Waals surface area contributed by atoms with Gasteiger partial charge in [-0.3, -0.25) is 0 Å². The first-order valence-electron chi connectivity index (χ1n) is 30.8. The Labute approximate surface area is 493 Å². The SMILES string of the molecule is c1ccc(-c2cccc3c2oc2c(N(c4ccc(C5CCCCC5)cc4)c4cc5c6cc(N(c7ccc(C8CCCCC8)cc7)c7cccc8c7oc7c(-c9ccccc9)cccc78)c7ccccc7c6oc5c5ccccc45)cccc23)cc1. The third-order valence-electron chi connectivity index (χ3n) is 19.0. The van der Waals surface area contributed by atoms with E-state index in [4.69, 9.17) is 13.3 Å². The maximum atomic E-state index is 7.39. The quantitative estimate of drug-likeness (QED) is 0.137. The summed E-state index contributed by atoms with van der Waals surface area (Å²) < 4.78 is 22.0. The second-order valence-corrected chi connectivity index (χ2v) is 23.9. The molecule has 2 saturated carbocycles. The monoisotopic (exact) mass is 1100 g/mol. The van der Waals surface area contributed by atoms with Crippen LogP contribution >= 0.6 is 0 Å². The summed E-state index contributed by atoms with van der Waals surface area (Å²) in [6.45, 7) is 0. The van der Waals surface area contributed by atoms with Crippen LogP contribution in [0.5, 0.6) is 0 Å². The van der Waals surface area contributed by atoms with Gasteiger partial charge in [0.15, 0.2) is 11.2 Å². The summed E-state index contributed by atoms with van der Waals surface area (Å²) in [5.41, 5.74) is 18.5. The summed E-state index contributed by atoms with van der Waals surface area (Å²) in [4.78, 5) is 4.90. The molecular weight excluding hydrogens is 1040 g/mol. The van der Waals surface area contributed by atoms with E-state index in [1.54, 1.807) is 0 Å². The number of rotatable bonds is 10. The topological polar surface area (TPSA) is 45.9 Å². The Morgan fingerprint density at radius 1 is 0.247 bits per heavy atom. The summed E-state index contributed by atoms with van der Waals surface area (Å²) in [5, 5.41) is 10.6. The molecule has 2 aliphatic rings. The van der Waals surface area contributed by atoms with E-state index in [1.165, 1.54) is 75.3 Å². The lowest BCUT2D eigenvalue weighted by Gasteiger charge is -2.28. The van der Waals surface area contributed by atoms with Crippen LogP contribution in [-0.4, -0.2) is 0 Å². The zero-order valence-corrected chi connectivity index (χ0v) is 47.4. The molecule has 0 radical (unpaired) electrons. The van der Waals surface area contributed by atoms with Crippen LogP contribution in [0.25, 0.3) is 110 Å². The van der Waals surface area contributed by atoms with E-state index >= 15 is 0 Å². The van der Waals surface area contributed by atoms with Gasteiger partial charge in [0.05, 0.1) is 22.7 Å². The molecule has 410 valence electrons. The van der Waals surface area contributed by atoms with Crippen LogP contribution in [0.4, 0.5) is 34.1 Å². The molecule has 17 rings (SSSR count). The number of nitrogens with zero attached hydrogens (tertiary/aromatic N) is 2. The fourth-order valence-corrected chi connectivity index (χ4v) is 14.9. The van der Waals surface area contributed by atoms with E-state index in [9.17, 15) is 0 Å². The average Bonchev–Trinajstić information content (AvgIpc) is 1.92. The van der Waals surface area contributed by atoms with Crippen molar-refractivity contribution in [3.63, 3.8) is 0 Å². The van der Waals surface area contributed by atoms with Gasteiger partial charge in [-0.2, -0.15) is 0 Å². The first-order valence-corrected chi connectivity index (χ1v) is 30.8. The molecule has 0 saturated heterocycles. The molecule has 3 heterocycles. The second-order valence-electron chi connectivity index (χ2n) is 23.9. The fourth-order valence-electron chi connectivity index (χ4n) is 14.9. The minimum absolute atomic E-state index is 0.574. The summed E-state index contributed by atoms with van der Waals surface area (Å²) >= 11 is 0.